The van der Waals surface area contributed by atoms with Crippen LogP contribution in [0.15, 0.2) is 108 Å². The number of carbonyl (C=O) groups is 3. The van der Waals surface area contributed by atoms with Crippen LogP contribution in [-0.2, 0) is 9.59 Å². The number of carbonyl (C=O) groups excluding carboxylic acids is 3. The number of nitrogens with zero attached hydrogens (tertiary/aromatic N) is 1. The van der Waals surface area contributed by atoms with Crippen LogP contribution < -0.4 is 16.1 Å². The molecule has 5 rings (SSSR count). The second kappa shape index (κ2) is 12.6. The van der Waals surface area contributed by atoms with Gasteiger partial charge in [-0.3, -0.25) is 19.8 Å². The lowest BCUT2D eigenvalue weighted by molar-refractivity contribution is -0.136. The van der Waals surface area contributed by atoms with Crippen LogP contribution >= 0.6 is 39.1 Å². The summed E-state index contributed by atoms with van der Waals surface area (Å²) in [5.74, 6) is -2.46. The first kappa shape index (κ1) is 28.4. The van der Waals surface area contributed by atoms with Gasteiger partial charge in [-0.15, -0.1) is 0 Å². The van der Waals surface area contributed by atoms with Crippen LogP contribution in [0.1, 0.15) is 27.5 Å². The topological polar surface area (TPSA) is 92.2 Å². The Morgan fingerprint density at radius 3 is 1.98 bits per heavy atom. The molecule has 7 nitrogen and oxygen atoms in total. The van der Waals surface area contributed by atoms with E-state index in [0.29, 0.717) is 26.6 Å². The van der Waals surface area contributed by atoms with Crippen LogP contribution in [0, 0.1) is 0 Å². The molecule has 0 saturated heterocycles. The maximum atomic E-state index is 13.3. The average molecular weight is 650 g/mol. The molecule has 1 heterocycles. The van der Waals surface area contributed by atoms with Gasteiger partial charge in [0, 0.05) is 38.1 Å². The first-order valence-electron chi connectivity index (χ1n) is 12.6. The van der Waals surface area contributed by atoms with Crippen LogP contribution in [0.5, 0.6) is 0 Å². The highest BCUT2D eigenvalue weighted by molar-refractivity contribution is 9.10. The number of nitrogens with one attached hydrogen (secondary N) is 3. The van der Waals surface area contributed by atoms with Gasteiger partial charge in [-0.1, -0.05) is 99.8 Å². The summed E-state index contributed by atoms with van der Waals surface area (Å²) in [4.78, 5) is 39.4. The van der Waals surface area contributed by atoms with Gasteiger partial charge in [0.2, 0.25) is 0 Å². The number of halogens is 3. The summed E-state index contributed by atoms with van der Waals surface area (Å²) in [6, 6.07) is 31.0. The van der Waals surface area contributed by atoms with Gasteiger partial charge in [0.15, 0.2) is 0 Å². The number of aromatic nitrogens is 1. The second-order valence-electron chi connectivity index (χ2n) is 9.21. The summed E-state index contributed by atoms with van der Waals surface area (Å²) in [5.41, 5.74) is 5.58. The monoisotopic (exact) mass is 648 g/mol. The molecule has 0 aliphatic heterocycles. The highest BCUT2D eigenvalue weighted by Crippen LogP contribution is 2.27. The smallest absolute Gasteiger partial charge is 0.328 e. The third kappa shape index (κ3) is 6.79. The number of benzene rings is 4. The van der Waals surface area contributed by atoms with Crippen molar-refractivity contribution in [3.05, 3.63) is 134 Å². The summed E-state index contributed by atoms with van der Waals surface area (Å²) < 4.78 is 2.07. The van der Waals surface area contributed by atoms with Gasteiger partial charge in [-0.25, -0.2) is 4.68 Å². The van der Waals surface area contributed by atoms with Crippen molar-refractivity contribution >= 4 is 73.4 Å². The van der Waals surface area contributed by atoms with E-state index in [-0.39, 0.29) is 18.2 Å². The summed E-state index contributed by atoms with van der Waals surface area (Å²) in [6.45, 7) is 0.197. The number of amides is 3. The van der Waals surface area contributed by atoms with E-state index in [1.807, 2.05) is 60.7 Å². The lowest BCUT2D eigenvalue weighted by Gasteiger charge is -2.19. The van der Waals surface area contributed by atoms with E-state index in [0.717, 1.165) is 15.6 Å². The molecule has 0 spiro atoms. The van der Waals surface area contributed by atoms with E-state index in [1.54, 1.807) is 42.5 Å². The van der Waals surface area contributed by atoms with E-state index < -0.39 is 17.7 Å². The molecular weight excluding hydrogens is 627 g/mol. The standard InChI is InChI=1S/C31H23BrCl2N4O3/c32-22-11-12-27-21(13-22)14-28(29(39)36-25-16-23(33)15-24(34)17-25)38(27)37-31(41)30(40)35-18-26(19-7-3-1-4-8-19)20-9-5-2-6-10-20/h1-17,26H,18H2,(H,35,40)(H,36,39)(H,37,41). The summed E-state index contributed by atoms with van der Waals surface area (Å²) in [5, 5.41) is 6.87. The molecule has 0 saturated carbocycles. The molecule has 5 aromatic rings. The summed E-state index contributed by atoms with van der Waals surface area (Å²) in [7, 11) is 0. The minimum Gasteiger partial charge on any atom is -0.347 e. The van der Waals surface area contributed by atoms with E-state index in [9.17, 15) is 14.4 Å². The van der Waals surface area contributed by atoms with Crippen molar-refractivity contribution in [1.82, 2.24) is 9.99 Å². The molecule has 0 aliphatic carbocycles. The number of rotatable bonds is 7. The normalized spacial score (nSPS) is 10.9. The number of fused-ring (bicyclic) bond motifs is 1. The van der Waals surface area contributed by atoms with E-state index >= 15 is 0 Å². The molecule has 3 N–H and O–H groups in total. The molecule has 41 heavy (non-hydrogen) atoms. The van der Waals surface area contributed by atoms with Gasteiger partial charge < -0.3 is 10.6 Å². The first-order valence-corrected chi connectivity index (χ1v) is 14.1. The van der Waals surface area contributed by atoms with Crippen molar-refractivity contribution in [2.45, 2.75) is 5.92 Å². The van der Waals surface area contributed by atoms with Crippen LogP contribution in [0.4, 0.5) is 5.69 Å². The Kier molecular flexibility index (Phi) is 8.73. The quantitative estimate of drug-likeness (QED) is 0.166. The Morgan fingerprint density at radius 2 is 1.37 bits per heavy atom. The first-order chi connectivity index (χ1) is 19.8. The van der Waals surface area contributed by atoms with Gasteiger partial charge >= 0.3 is 11.8 Å². The van der Waals surface area contributed by atoms with Crippen LogP contribution in [0.3, 0.4) is 0 Å². The van der Waals surface area contributed by atoms with Gasteiger partial charge in [0.25, 0.3) is 5.91 Å². The lowest BCUT2D eigenvalue weighted by Crippen LogP contribution is -2.41. The van der Waals surface area contributed by atoms with Crippen molar-refractivity contribution in [3.8, 4) is 0 Å². The fourth-order valence-corrected chi connectivity index (χ4v) is 5.43. The van der Waals surface area contributed by atoms with Gasteiger partial charge in [0.05, 0.1) is 5.52 Å². The zero-order valence-corrected chi connectivity index (χ0v) is 24.5. The van der Waals surface area contributed by atoms with E-state index in [1.165, 1.54) is 4.68 Å². The highest BCUT2D eigenvalue weighted by atomic mass is 79.9. The van der Waals surface area contributed by atoms with Crippen LogP contribution in [-0.4, -0.2) is 28.9 Å². The molecule has 0 radical (unpaired) electrons. The second-order valence-corrected chi connectivity index (χ2v) is 11.0. The lowest BCUT2D eigenvalue weighted by atomic mass is 9.91. The largest absolute Gasteiger partial charge is 0.347 e. The van der Waals surface area contributed by atoms with Crippen LogP contribution in [0.2, 0.25) is 10.0 Å². The molecule has 0 aliphatic rings. The van der Waals surface area contributed by atoms with Crippen molar-refractivity contribution in [2.75, 3.05) is 17.3 Å². The van der Waals surface area contributed by atoms with Crippen LogP contribution in [0.25, 0.3) is 10.9 Å². The average Bonchev–Trinajstić information content (AvgIpc) is 3.30. The zero-order valence-electron chi connectivity index (χ0n) is 21.4. The highest BCUT2D eigenvalue weighted by Gasteiger charge is 2.23. The Labute approximate surface area is 254 Å². The number of hydrogen-bond acceptors (Lipinski definition) is 3. The minimum absolute atomic E-state index is 0.0989. The zero-order chi connectivity index (χ0) is 28.9. The van der Waals surface area contributed by atoms with Gasteiger partial charge in [-0.2, -0.15) is 0 Å². The van der Waals surface area contributed by atoms with E-state index in [4.69, 9.17) is 23.2 Å². The summed E-state index contributed by atoms with van der Waals surface area (Å²) in [6.07, 6.45) is 0. The molecule has 0 unspecified atom stereocenters. The minimum atomic E-state index is -0.926. The van der Waals surface area contributed by atoms with Crippen molar-refractivity contribution in [3.63, 3.8) is 0 Å². The maximum absolute atomic E-state index is 13.3. The third-order valence-electron chi connectivity index (χ3n) is 6.41. The molecule has 1 aromatic heterocycles. The third-order valence-corrected chi connectivity index (χ3v) is 7.34. The molecule has 4 aromatic carbocycles. The molecular formula is C31H23BrCl2N4O3. The van der Waals surface area contributed by atoms with E-state index in [2.05, 4.69) is 32.0 Å². The van der Waals surface area contributed by atoms with Gasteiger partial charge in [-0.05, 0) is 53.6 Å². The number of hydrogen-bond donors (Lipinski definition) is 3. The fraction of sp³-hybridized carbons (Fsp3) is 0.0645. The van der Waals surface area contributed by atoms with Crippen molar-refractivity contribution in [1.29, 1.82) is 0 Å². The molecule has 3 amide bonds. The molecule has 0 atom stereocenters. The van der Waals surface area contributed by atoms with Crippen molar-refractivity contribution < 1.29 is 14.4 Å². The molecule has 10 heteroatoms. The predicted octanol–water partition coefficient (Wildman–Crippen LogP) is 6.98. The Bertz CT molecular complexity index is 1680. The Morgan fingerprint density at radius 1 is 0.756 bits per heavy atom. The van der Waals surface area contributed by atoms with Crippen molar-refractivity contribution in [2.24, 2.45) is 0 Å². The molecule has 206 valence electrons. The SMILES string of the molecule is O=C(NCC(c1ccccc1)c1ccccc1)C(=O)Nn1c(C(=O)Nc2cc(Cl)cc(Cl)c2)cc2cc(Br)ccc21. The molecule has 0 bridgehead atoms. The Hall–Kier alpha value is -4.11. The maximum Gasteiger partial charge on any atom is 0.328 e. The Balaban J connectivity index is 1.37. The summed E-state index contributed by atoms with van der Waals surface area (Å²) >= 11 is 15.6. The predicted molar refractivity (Wildman–Crippen MR) is 166 cm³/mol. The number of anilines is 1. The van der Waals surface area contributed by atoms with Gasteiger partial charge in [0.1, 0.15) is 5.69 Å². The molecule has 0 fully saturated rings. The fourth-order valence-electron chi connectivity index (χ4n) is 4.52.